The highest BCUT2D eigenvalue weighted by Crippen LogP contribution is 2.24. The first kappa shape index (κ1) is 17.7. The van der Waals surface area contributed by atoms with Gasteiger partial charge in [-0.25, -0.2) is 4.79 Å². The van der Waals surface area contributed by atoms with Crippen molar-refractivity contribution in [2.24, 2.45) is 10.2 Å². The average molecular weight is 361 g/mol. The number of urea groups is 1. The summed E-state index contributed by atoms with van der Waals surface area (Å²) in [6, 6.07) is 21.4. The summed E-state index contributed by atoms with van der Waals surface area (Å²) in [6.45, 7) is 0. The second-order valence-electron chi connectivity index (χ2n) is 5.44. The van der Waals surface area contributed by atoms with Crippen LogP contribution in [0.5, 0.6) is 0 Å². The lowest BCUT2D eigenvalue weighted by atomic mass is 10.2. The molecule has 2 amide bonds. The summed E-state index contributed by atoms with van der Waals surface area (Å²) in [6.07, 6.45) is 0. The van der Waals surface area contributed by atoms with E-state index in [1.807, 2.05) is 30.3 Å². The summed E-state index contributed by atoms with van der Waals surface area (Å²) in [4.78, 5) is 22.5. The first-order chi connectivity index (χ1) is 13.1. The topological polar surface area (TPSA) is 109 Å². The number of nitro benzene ring substituents is 1. The van der Waals surface area contributed by atoms with Gasteiger partial charge in [-0.3, -0.25) is 10.1 Å². The van der Waals surface area contributed by atoms with E-state index in [0.717, 1.165) is 5.69 Å². The zero-order valence-electron chi connectivity index (χ0n) is 14.1. The molecule has 0 spiro atoms. The van der Waals surface area contributed by atoms with Crippen molar-refractivity contribution in [3.8, 4) is 0 Å². The summed E-state index contributed by atoms with van der Waals surface area (Å²) in [5, 5.41) is 24.3. The van der Waals surface area contributed by atoms with Crippen molar-refractivity contribution in [1.82, 2.24) is 0 Å². The lowest BCUT2D eigenvalue weighted by molar-refractivity contribution is -0.383. The van der Waals surface area contributed by atoms with Crippen LogP contribution < -0.4 is 10.6 Å². The highest BCUT2D eigenvalue weighted by molar-refractivity contribution is 6.01. The van der Waals surface area contributed by atoms with Crippen LogP contribution in [0.1, 0.15) is 0 Å². The largest absolute Gasteiger partial charge is 0.323 e. The Balaban J connectivity index is 1.62. The number of nitrogens with zero attached hydrogens (tertiary/aromatic N) is 3. The Hall–Kier alpha value is -4.07. The fourth-order valence-corrected chi connectivity index (χ4v) is 2.24. The van der Waals surface area contributed by atoms with Crippen LogP contribution in [-0.2, 0) is 0 Å². The number of rotatable bonds is 5. The number of amides is 2. The molecule has 0 fully saturated rings. The molecule has 0 atom stereocenters. The molecule has 3 aromatic rings. The molecule has 0 aliphatic heterocycles. The van der Waals surface area contributed by atoms with Crippen molar-refractivity contribution in [3.63, 3.8) is 0 Å². The first-order valence-corrected chi connectivity index (χ1v) is 8.00. The van der Waals surface area contributed by atoms with Crippen LogP contribution in [0.25, 0.3) is 0 Å². The van der Waals surface area contributed by atoms with Gasteiger partial charge in [0, 0.05) is 11.8 Å². The van der Waals surface area contributed by atoms with Crippen molar-refractivity contribution in [3.05, 3.63) is 89.0 Å². The standard InChI is InChI=1S/C19H15N5O3/c25-19(21-17-8-4-5-9-18(17)24(26)27)20-14-10-12-16(13-11-14)23-22-15-6-2-1-3-7-15/h1-13H,(H2,20,21,25). The molecule has 27 heavy (non-hydrogen) atoms. The quantitative estimate of drug-likeness (QED) is 0.348. The Morgan fingerprint density at radius 1 is 0.778 bits per heavy atom. The number of anilines is 2. The molecule has 0 aliphatic carbocycles. The first-order valence-electron chi connectivity index (χ1n) is 8.00. The van der Waals surface area contributed by atoms with Gasteiger partial charge >= 0.3 is 6.03 Å². The molecule has 0 saturated carbocycles. The predicted octanol–water partition coefficient (Wildman–Crippen LogP) is 5.65. The third-order valence-electron chi connectivity index (χ3n) is 3.51. The fourth-order valence-electron chi connectivity index (χ4n) is 2.24. The zero-order valence-corrected chi connectivity index (χ0v) is 14.1. The van der Waals surface area contributed by atoms with Gasteiger partial charge in [0.05, 0.1) is 16.3 Å². The molecule has 2 N–H and O–H groups in total. The minimum absolute atomic E-state index is 0.119. The number of benzene rings is 3. The van der Waals surface area contributed by atoms with E-state index in [2.05, 4.69) is 20.9 Å². The summed E-state index contributed by atoms with van der Waals surface area (Å²) < 4.78 is 0. The van der Waals surface area contributed by atoms with Gasteiger partial charge < -0.3 is 10.6 Å². The van der Waals surface area contributed by atoms with Crippen LogP contribution in [0.2, 0.25) is 0 Å². The molecule has 0 aliphatic rings. The van der Waals surface area contributed by atoms with Gasteiger partial charge in [-0.15, -0.1) is 0 Å². The Bertz CT molecular complexity index is 972. The fraction of sp³-hybridized carbons (Fsp3) is 0. The Kier molecular flexibility index (Phi) is 5.48. The second-order valence-corrected chi connectivity index (χ2v) is 5.44. The Morgan fingerprint density at radius 2 is 1.37 bits per heavy atom. The molecular formula is C19H15N5O3. The maximum atomic E-state index is 12.1. The van der Waals surface area contributed by atoms with Crippen LogP contribution in [0.4, 0.5) is 33.2 Å². The van der Waals surface area contributed by atoms with Gasteiger partial charge in [0.25, 0.3) is 5.69 Å². The van der Waals surface area contributed by atoms with Crippen LogP contribution in [-0.4, -0.2) is 11.0 Å². The minimum Gasteiger partial charge on any atom is -0.308 e. The number of hydrogen-bond acceptors (Lipinski definition) is 5. The Labute approximate surface area is 154 Å². The number of nitrogens with one attached hydrogen (secondary N) is 2. The van der Waals surface area contributed by atoms with E-state index in [4.69, 9.17) is 0 Å². The SMILES string of the molecule is O=C(Nc1ccc(N=Nc2ccccc2)cc1)Nc1ccccc1[N+](=O)[O-]. The smallest absolute Gasteiger partial charge is 0.308 e. The van der Waals surface area contributed by atoms with E-state index < -0.39 is 11.0 Å². The van der Waals surface area contributed by atoms with Gasteiger partial charge in [-0.2, -0.15) is 10.2 Å². The molecule has 0 radical (unpaired) electrons. The molecule has 8 heteroatoms. The number of azo groups is 1. The van der Waals surface area contributed by atoms with Crippen molar-refractivity contribution in [1.29, 1.82) is 0 Å². The highest BCUT2D eigenvalue weighted by Gasteiger charge is 2.14. The summed E-state index contributed by atoms with van der Waals surface area (Å²) in [5.74, 6) is 0. The van der Waals surface area contributed by atoms with Crippen molar-refractivity contribution >= 4 is 34.5 Å². The van der Waals surface area contributed by atoms with Gasteiger partial charge in [-0.05, 0) is 42.5 Å². The summed E-state index contributed by atoms with van der Waals surface area (Å²) >= 11 is 0. The van der Waals surface area contributed by atoms with Crippen LogP contribution in [0.3, 0.4) is 0 Å². The molecule has 0 saturated heterocycles. The van der Waals surface area contributed by atoms with E-state index >= 15 is 0 Å². The van der Waals surface area contributed by atoms with Gasteiger partial charge in [-0.1, -0.05) is 30.3 Å². The van der Waals surface area contributed by atoms with Crippen LogP contribution in [0, 0.1) is 10.1 Å². The molecule has 3 aromatic carbocycles. The van der Waals surface area contributed by atoms with E-state index in [0.29, 0.717) is 11.4 Å². The maximum Gasteiger partial charge on any atom is 0.323 e. The zero-order chi connectivity index (χ0) is 19.1. The van der Waals surface area contributed by atoms with Crippen molar-refractivity contribution < 1.29 is 9.72 Å². The summed E-state index contributed by atoms with van der Waals surface area (Å²) in [5.41, 5.74) is 1.83. The minimum atomic E-state index is -0.581. The molecule has 0 unspecified atom stereocenters. The third-order valence-corrected chi connectivity index (χ3v) is 3.51. The molecule has 3 rings (SSSR count). The van der Waals surface area contributed by atoms with Gasteiger partial charge in [0.2, 0.25) is 0 Å². The summed E-state index contributed by atoms with van der Waals surface area (Å²) in [7, 11) is 0. The third kappa shape index (κ3) is 4.95. The van der Waals surface area contributed by atoms with E-state index in [9.17, 15) is 14.9 Å². The highest BCUT2D eigenvalue weighted by atomic mass is 16.6. The number of nitro groups is 1. The van der Waals surface area contributed by atoms with Gasteiger partial charge in [0.15, 0.2) is 0 Å². The molecular weight excluding hydrogens is 346 g/mol. The normalized spacial score (nSPS) is 10.5. The van der Waals surface area contributed by atoms with E-state index in [1.165, 1.54) is 18.2 Å². The van der Waals surface area contributed by atoms with E-state index in [1.54, 1.807) is 30.3 Å². The van der Waals surface area contributed by atoms with Gasteiger partial charge in [0.1, 0.15) is 5.69 Å². The van der Waals surface area contributed by atoms with Crippen LogP contribution in [0.15, 0.2) is 89.1 Å². The number of para-hydroxylation sites is 2. The molecule has 0 aromatic heterocycles. The van der Waals surface area contributed by atoms with E-state index in [-0.39, 0.29) is 11.4 Å². The predicted molar refractivity (Wildman–Crippen MR) is 103 cm³/mol. The molecule has 134 valence electrons. The number of carbonyl (C=O) groups excluding carboxylic acids is 1. The molecule has 0 heterocycles. The number of carbonyl (C=O) groups is 1. The molecule has 0 bridgehead atoms. The monoisotopic (exact) mass is 361 g/mol. The van der Waals surface area contributed by atoms with Crippen molar-refractivity contribution in [2.45, 2.75) is 0 Å². The van der Waals surface area contributed by atoms with Crippen molar-refractivity contribution in [2.75, 3.05) is 10.6 Å². The Morgan fingerprint density at radius 3 is 2.04 bits per heavy atom. The van der Waals surface area contributed by atoms with Crippen LogP contribution >= 0.6 is 0 Å². The second kappa shape index (κ2) is 8.34. The molecule has 8 nitrogen and oxygen atoms in total. The lowest BCUT2D eigenvalue weighted by Gasteiger charge is -2.08. The lowest BCUT2D eigenvalue weighted by Crippen LogP contribution is -2.19. The maximum absolute atomic E-state index is 12.1. The number of hydrogen-bond donors (Lipinski definition) is 2. The average Bonchev–Trinajstić information content (AvgIpc) is 2.68.